The Morgan fingerprint density at radius 2 is 2.31 bits per heavy atom. The molecule has 3 heteroatoms. The lowest BCUT2D eigenvalue weighted by atomic mass is 9.80. The number of ketones is 1. The van der Waals surface area contributed by atoms with Gasteiger partial charge in [0.2, 0.25) is 5.78 Å². The van der Waals surface area contributed by atoms with Crippen molar-refractivity contribution in [3.05, 3.63) is 23.7 Å². The summed E-state index contributed by atoms with van der Waals surface area (Å²) in [5.74, 6) is 2.14. The van der Waals surface area contributed by atoms with Gasteiger partial charge in [0.05, 0.1) is 6.54 Å². The summed E-state index contributed by atoms with van der Waals surface area (Å²) in [6.07, 6.45) is 4.40. The third-order valence-electron chi connectivity index (χ3n) is 3.41. The first kappa shape index (κ1) is 11.4. The molecule has 1 aromatic rings. The van der Waals surface area contributed by atoms with Crippen LogP contribution in [0.1, 0.15) is 48.9 Å². The number of Topliss-reactive ketones (excluding diaryl/α,β-unsaturated/α-hetero) is 1. The van der Waals surface area contributed by atoms with Gasteiger partial charge in [-0.15, -0.1) is 0 Å². The van der Waals surface area contributed by atoms with Gasteiger partial charge < -0.3 is 10.2 Å². The highest BCUT2D eigenvalue weighted by Crippen LogP contribution is 2.31. The van der Waals surface area contributed by atoms with Crippen molar-refractivity contribution in [3.8, 4) is 0 Å². The summed E-state index contributed by atoms with van der Waals surface area (Å²) in [6.45, 7) is 2.57. The molecule has 0 spiro atoms. The van der Waals surface area contributed by atoms with Gasteiger partial charge in [0.15, 0.2) is 5.76 Å². The molecule has 88 valence electrons. The van der Waals surface area contributed by atoms with Gasteiger partial charge in [-0.05, 0) is 30.9 Å². The summed E-state index contributed by atoms with van der Waals surface area (Å²) in [6, 6.07) is 3.54. The molecule has 0 radical (unpaired) electrons. The summed E-state index contributed by atoms with van der Waals surface area (Å²) >= 11 is 0. The first-order chi connectivity index (χ1) is 7.70. The van der Waals surface area contributed by atoms with Crippen LogP contribution in [0.5, 0.6) is 0 Å². The highest BCUT2D eigenvalue weighted by atomic mass is 16.3. The molecule has 0 bridgehead atoms. The van der Waals surface area contributed by atoms with E-state index in [4.69, 9.17) is 10.2 Å². The van der Waals surface area contributed by atoms with E-state index in [0.717, 1.165) is 19.3 Å². The second kappa shape index (κ2) is 4.83. The van der Waals surface area contributed by atoms with E-state index in [2.05, 4.69) is 6.92 Å². The lowest BCUT2D eigenvalue weighted by Crippen LogP contribution is -2.21. The van der Waals surface area contributed by atoms with Crippen molar-refractivity contribution in [2.45, 2.75) is 39.2 Å². The molecule has 0 amide bonds. The van der Waals surface area contributed by atoms with Crippen molar-refractivity contribution in [1.82, 2.24) is 0 Å². The van der Waals surface area contributed by atoms with E-state index in [1.165, 1.54) is 6.42 Å². The molecular weight excluding hydrogens is 202 g/mol. The molecule has 16 heavy (non-hydrogen) atoms. The Labute approximate surface area is 96.0 Å². The predicted octanol–water partition coefficient (Wildman–Crippen LogP) is 2.75. The number of rotatable bonds is 3. The van der Waals surface area contributed by atoms with Crippen LogP contribution in [0.15, 0.2) is 16.5 Å². The van der Waals surface area contributed by atoms with Crippen LogP contribution in [0.4, 0.5) is 0 Å². The summed E-state index contributed by atoms with van der Waals surface area (Å²) in [7, 11) is 0. The van der Waals surface area contributed by atoms with Gasteiger partial charge in [-0.1, -0.05) is 19.8 Å². The Balaban J connectivity index is 2.06. The van der Waals surface area contributed by atoms with E-state index in [9.17, 15) is 4.79 Å². The second-order valence-corrected chi connectivity index (χ2v) is 4.80. The minimum absolute atomic E-state index is 0.153. The van der Waals surface area contributed by atoms with Crippen LogP contribution in [0.25, 0.3) is 0 Å². The molecule has 1 aromatic heterocycles. The molecule has 2 N–H and O–H groups in total. The van der Waals surface area contributed by atoms with Gasteiger partial charge in [0, 0.05) is 5.92 Å². The number of furan rings is 1. The molecule has 0 aliphatic heterocycles. The summed E-state index contributed by atoms with van der Waals surface area (Å²) in [4.78, 5) is 12.1. The number of hydrogen-bond donors (Lipinski definition) is 1. The summed E-state index contributed by atoms with van der Waals surface area (Å²) < 4.78 is 5.41. The maximum Gasteiger partial charge on any atom is 0.201 e. The van der Waals surface area contributed by atoms with E-state index in [-0.39, 0.29) is 11.7 Å². The fourth-order valence-electron chi connectivity index (χ4n) is 2.49. The molecule has 1 aliphatic rings. The van der Waals surface area contributed by atoms with Gasteiger partial charge in [0.1, 0.15) is 5.76 Å². The zero-order chi connectivity index (χ0) is 11.5. The van der Waals surface area contributed by atoms with Crippen LogP contribution < -0.4 is 5.73 Å². The quantitative estimate of drug-likeness (QED) is 0.798. The summed E-state index contributed by atoms with van der Waals surface area (Å²) in [5, 5.41) is 0. The summed E-state index contributed by atoms with van der Waals surface area (Å²) in [5.41, 5.74) is 5.46. The topological polar surface area (TPSA) is 56.2 Å². The molecule has 0 aromatic carbocycles. The van der Waals surface area contributed by atoms with Crippen LogP contribution in [0.3, 0.4) is 0 Å². The van der Waals surface area contributed by atoms with Gasteiger partial charge in [-0.2, -0.15) is 0 Å². The van der Waals surface area contributed by atoms with Gasteiger partial charge in [0.25, 0.3) is 0 Å². The Morgan fingerprint density at radius 3 is 2.94 bits per heavy atom. The molecule has 2 rings (SSSR count). The third kappa shape index (κ3) is 2.35. The maximum absolute atomic E-state index is 12.1. The Hall–Kier alpha value is -1.09. The highest BCUT2D eigenvalue weighted by molar-refractivity contribution is 5.95. The normalized spacial score (nSPS) is 25.6. The minimum Gasteiger partial charge on any atom is -0.457 e. The van der Waals surface area contributed by atoms with Crippen molar-refractivity contribution in [2.75, 3.05) is 0 Å². The van der Waals surface area contributed by atoms with E-state index in [1.807, 2.05) is 0 Å². The van der Waals surface area contributed by atoms with E-state index in [1.54, 1.807) is 12.1 Å². The highest BCUT2D eigenvalue weighted by Gasteiger charge is 2.27. The molecule has 0 saturated heterocycles. The van der Waals surface area contributed by atoms with Crippen molar-refractivity contribution in [2.24, 2.45) is 17.6 Å². The predicted molar refractivity (Wildman–Crippen MR) is 62.1 cm³/mol. The number of nitrogens with two attached hydrogens (primary N) is 1. The molecule has 1 fully saturated rings. The molecule has 1 aliphatic carbocycles. The third-order valence-corrected chi connectivity index (χ3v) is 3.41. The van der Waals surface area contributed by atoms with Crippen LogP contribution in [-0.4, -0.2) is 5.78 Å². The molecule has 2 atom stereocenters. The molecular formula is C13H19NO2. The Morgan fingerprint density at radius 1 is 1.50 bits per heavy atom. The second-order valence-electron chi connectivity index (χ2n) is 4.80. The molecule has 1 saturated carbocycles. The fourth-order valence-corrected chi connectivity index (χ4v) is 2.49. The zero-order valence-corrected chi connectivity index (χ0v) is 9.74. The fraction of sp³-hybridized carbons (Fsp3) is 0.615. The first-order valence-electron chi connectivity index (χ1n) is 6.03. The largest absolute Gasteiger partial charge is 0.457 e. The standard InChI is InChI=1S/C13H19NO2/c1-9-3-2-4-10(7-9)13(15)12-6-5-11(8-14)16-12/h5-6,9-10H,2-4,7-8,14H2,1H3. The van der Waals surface area contributed by atoms with Gasteiger partial charge >= 0.3 is 0 Å². The van der Waals surface area contributed by atoms with Gasteiger partial charge in [-0.3, -0.25) is 4.79 Å². The van der Waals surface area contributed by atoms with Crippen LogP contribution in [0, 0.1) is 11.8 Å². The number of hydrogen-bond acceptors (Lipinski definition) is 3. The van der Waals surface area contributed by atoms with Crippen molar-refractivity contribution in [3.63, 3.8) is 0 Å². The lowest BCUT2D eigenvalue weighted by molar-refractivity contribution is 0.0837. The maximum atomic E-state index is 12.1. The van der Waals surface area contributed by atoms with Crippen molar-refractivity contribution >= 4 is 5.78 Å². The Bertz CT molecular complexity index is 370. The van der Waals surface area contributed by atoms with E-state index in [0.29, 0.717) is 24.0 Å². The monoisotopic (exact) mass is 221 g/mol. The molecule has 2 unspecified atom stereocenters. The average molecular weight is 221 g/mol. The first-order valence-corrected chi connectivity index (χ1v) is 6.03. The van der Waals surface area contributed by atoms with Crippen LogP contribution >= 0.6 is 0 Å². The smallest absolute Gasteiger partial charge is 0.201 e. The molecule has 3 nitrogen and oxygen atoms in total. The Kier molecular flexibility index (Phi) is 3.44. The zero-order valence-electron chi connectivity index (χ0n) is 9.74. The number of carbonyl (C=O) groups excluding carboxylic acids is 1. The van der Waals surface area contributed by atoms with E-state index >= 15 is 0 Å². The van der Waals surface area contributed by atoms with Crippen LogP contribution in [0.2, 0.25) is 0 Å². The van der Waals surface area contributed by atoms with Crippen molar-refractivity contribution < 1.29 is 9.21 Å². The lowest BCUT2D eigenvalue weighted by Gasteiger charge is -2.24. The van der Waals surface area contributed by atoms with Crippen molar-refractivity contribution in [1.29, 1.82) is 0 Å². The van der Waals surface area contributed by atoms with Crippen LogP contribution in [-0.2, 0) is 6.54 Å². The number of carbonyl (C=O) groups is 1. The average Bonchev–Trinajstić information content (AvgIpc) is 2.76. The molecule has 1 heterocycles. The van der Waals surface area contributed by atoms with Gasteiger partial charge in [-0.25, -0.2) is 0 Å². The SMILES string of the molecule is CC1CCCC(C(=O)c2ccc(CN)o2)C1. The van der Waals surface area contributed by atoms with E-state index < -0.39 is 0 Å². The minimum atomic E-state index is 0.153.